The van der Waals surface area contributed by atoms with E-state index in [2.05, 4.69) is 5.32 Å². The normalized spacial score (nSPS) is 33.6. The Kier molecular flexibility index (Phi) is 4.57. The quantitative estimate of drug-likeness (QED) is 0.847. The van der Waals surface area contributed by atoms with Crippen LogP contribution >= 0.6 is 12.4 Å². The van der Waals surface area contributed by atoms with Crippen molar-refractivity contribution >= 4 is 22.4 Å². The molecule has 0 aromatic rings. The molecule has 0 bridgehead atoms. The maximum atomic E-state index is 12.3. The Balaban J connectivity index is 0.00000120. The van der Waals surface area contributed by atoms with Crippen molar-refractivity contribution in [2.75, 3.05) is 31.9 Å². The van der Waals surface area contributed by atoms with Gasteiger partial charge in [-0.1, -0.05) is 12.8 Å². The molecule has 0 spiro atoms. The second-order valence-electron chi connectivity index (χ2n) is 5.92. The molecule has 1 aliphatic carbocycles. The lowest BCUT2D eigenvalue weighted by molar-refractivity contribution is 0.438. The molecular formula is C12H23ClN2O2S. The number of rotatable bonds is 3. The maximum absolute atomic E-state index is 12.3. The lowest BCUT2D eigenvalue weighted by Crippen LogP contribution is -2.35. The predicted octanol–water partition coefficient (Wildman–Crippen LogP) is 1.08. The van der Waals surface area contributed by atoms with E-state index < -0.39 is 10.0 Å². The Labute approximate surface area is 116 Å². The monoisotopic (exact) mass is 294 g/mol. The Morgan fingerprint density at radius 1 is 1.06 bits per heavy atom. The van der Waals surface area contributed by atoms with E-state index in [0.717, 1.165) is 39.0 Å². The van der Waals surface area contributed by atoms with Crippen molar-refractivity contribution in [3.05, 3.63) is 0 Å². The van der Waals surface area contributed by atoms with Crippen molar-refractivity contribution in [1.29, 1.82) is 0 Å². The number of nitrogens with zero attached hydrogens (tertiary/aromatic N) is 1. The highest BCUT2D eigenvalue weighted by molar-refractivity contribution is 7.89. The van der Waals surface area contributed by atoms with Gasteiger partial charge in [0, 0.05) is 13.1 Å². The summed E-state index contributed by atoms with van der Waals surface area (Å²) < 4.78 is 26.4. The van der Waals surface area contributed by atoms with Crippen LogP contribution in [0.1, 0.15) is 25.7 Å². The number of nitrogens with one attached hydrogen (secondary N) is 1. The molecule has 3 rings (SSSR count). The molecule has 0 radical (unpaired) electrons. The van der Waals surface area contributed by atoms with Crippen molar-refractivity contribution in [3.63, 3.8) is 0 Å². The third-order valence-corrected chi connectivity index (χ3v) is 6.65. The van der Waals surface area contributed by atoms with Gasteiger partial charge in [-0.05, 0) is 43.7 Å². The molecule has 0 unspecified atom stereocenters. The Morgan fingerprint density at radius 3 is 2.17 bits per heavy atom. The second kappa shape index (κ2) is 5.65. The van der Waals surface area contributed by atoms with E-state index in [4.69, 9.17) is 0 Å². The molecule has 2 aliphatic heterocycles. The van der Waals surface area contributed by atoms with E-state index in [1.807, 2.05) is 0 Å². The van der Waals surface area contributed by atoms with Gasteiger partial charge in [0.1, 0.15) is 0 Å². The van der Waals surface area contributed by atoms with Gasteiger partial charge >= 0.3 is 0 Å². The third-order valence-electron chi connectivity index (χ3n) is 4.67. The molecule has 0 aromatic carbocycles. The van der Waals surface area contributed by atoms with E-state index in [1.54, 1.807) is 4.31 Å². The summed E-state index contributed by atoms with van der Waals surface area (Å²) in [4.78, 5) is 0. The zero-order chi connectivity index (χ0) is 11.9. The highest BCUT2D eigenvalue weighted by Gasteiger charge is 2.41. The summed E-state index contributed by atoms with van der Waals surface area (Å²) in [5.74, 6) is 1.96. The Morgan fingerprint density at radius 2 is 1.61 bits per heavy atom. The number of hydrogen-bond donors (Lipinski definition) is 1. The van der Waals surface area contributed by atoms with Crippen LogP contribution in [0.2, 0.25) is 0 Å². The zero-order valence-electron chi connectivity index (χ0n) is 10.7. The van der Waals surface area contributed by atoms with Crippen LogP contribution in [-0.4, -0.2) is 44.7 Å². The van der Waals surface area contributed by atoms with Gasteiger partial charge in [-0.25, -0.2) is 12.7 Å². The van der Waals surface area contributed by atoms with Gasteiger partial charge in [0.25, 0.3) is 0 Å². The standard InChI is InChI=1S/C12H22N2O2S.ClH/c15-17(16,9-10-3-1-2-4-10)14-7-11-5-13-6-12(11)8-14;/h10-13H,1-9H2;1H/t11-,12+;. The van der Waals surface area contributed by atoms with Gasteiger partial charge in [-0.15, -0.1) is 12.4 Å². The molecule has 1 saturated carbocycles. The largest absolute Gasteiger partial charge is 0.316 e. The maximum Gasteiger partial charge on any atom is 0.214 e. The fourth-order valence-corrected chi connectivity index (χ4v) is 5.60. The molecule has 3 aliphatic rings. The molecule has 4 nitrogen and oxygen atoms in total. The lowest BCUT2D eigenvalue weighted by atomic mass is 10.0. The summed E-state index contributed by atoms with van der Waals surface area (Å²) >= 11 is 0. The summed E-state index contributed by atoms with van der Waals surface area (Å²) in [7, 11) is -2.98. The van der Waals surface area contributed by atoms with E-state index in [0.29, 0.717) is 23.5 Å². The minimum Gasteiger partial charge on any atom is -0.316 e. The molecular weight excluding hydrogens is 272 g/mol. The van der Waals surface area contributed by atoms with Crippen molar-refractivity contribution < 1.29 is 8.42 Å². The molecule has 2 atom stereocenters. The van der Waals surface area contributed by atoms with E-state index in [1.165, 1.54) is 12.8 Å². The zero-order valence-corrected chi connectivity index (χ0v) is 12.3. The average Bonchev–Trinajstić information content (AvgIpc) is 2.88. The highest BCUT2D eigenvalue weighted by Crippen LogP contribution is 2.31. The molecule has 18 heavy (non-hydrogen) atoms. The van der Waals surface area contributed by atoms with Crippen LogP contribution in [0.4, 0.5) is 0 Å². The van der Waals surface area contributed by atoms with Crippen LogP contribution in [0.3, 0.4) is 0 Å². The summed E-state index contributed by atoms with van der Waals surface area (Å²) in [6, 6.07) is 0. The number of halogens is 1. The molecule has 2 saturated heterocycles. The van der Waals surface area contributed by atoms with Crippen LogP contribution in [0.25, 0.3) is 0 Å². The van der Waals surface area contributed by atoms with Crippen LogP contribution in [0, 0.1) is 17.8 Å². The SMILES string of the molecule is Cl.O=S(=O)(CC1CCCC1)N1C[C@H]2CNC[C@H]2C1. The average molecular weight is 295 g/mol. The third kappa shape index (κ3) is 2.84. The predicted molar refractivity (Wildman–Crippen MR) is 74.4 cm³/mol. The highest BCUT2D eigenvalue weighted by atomic mass is 35.5. The van der Waals surface area contributed by atoms with Crippen LogP contribution in [0.5, 0.6) is 0 Å². The summed E-state index contributed by atoms with van der Waals surface area (Å²) in [5.41, 5.74) is 0. The van der Waals surface area contributed by atoms with Crippen molar-refractivity contribution in [2.45, 2.75) is 25.7 Å². The summed E-state index contributed by atoms with van der Waals surface area (Å²) in [5, 5.41) is 3.35. The van der Waals surface area contributed by atoms with Gasteiger partial charge in [-0.2, -0.15) is 0 Å². The molecule has 1 N–H and O–H groups in total. The molecule has 106 valence electrons. The van der Waals surface area contributed by atoms with Crippen LogP contribution in [-0.2, 0) is 10.0 Å². The number of sulfonamides is 1. The summed E-state index contributed by atoms with van der Waals surface area (Å²) in [6.45, 7) is 3.51. The van der Waals surface area contributed by atoms with Gasteiger partial charge in [0.15, 0.2) is 0 Å². The fourth-order valence-electron chi connectivity index (χ4n) is 3.62. The molecule has 0 aromatic heterocycles. The fraction of sp³-hybridized carbons (Fsp3) is 1.00. The minimum absolute atomic E-state index is 0. The Bertz CT molecular complexity index is 370. The van der Waals surface area contributed by atoms with Gasteiger partial charge < -0.3 is 5.32 Å². The van der Waals surface area contributed by atoms with E-state index in [9.17, 15) is 8.42 Å². The van der Waals surface area contributed by atoms with Gasteiger partial charge in [-0.3, -0.25) is 0 Å². The van der Waals surface area contributed by atoms with E-state index >= 15 is 0 Å². The first kappa shape index (κ1) is 14.6. The summed E-state index contributed by atoms with van der Waals surface area (Å²) in [6.07, 6.45) is 4.66. The minimum atomic E-state index is -2.98. The van der Waals surface area contributed by atoms with Crippen LogP contribution < -0.4 is 5.32 Å². The van der Waals surface area contributed by atoms with Crippen molar-refractivity contribution in [3.8, 4) is 0 Å². The second-order valence-corrected chi connectivity index (χ2v) is 7.94. The Hall–Kier alpha value is 0.160. The van der Waals surface area contributed by atoms with Crippen molar-refractivity contribution in [1.82, 2.24) is 9.62 Å². The number of hydrogen-bond acceptors (Lipinski definition) is 3. The molecule has 2 heterocycles. The molecule has 6 heteroatoms. The van der Waals surface area contributed by atoms with Crippen molar-refractivity contribution in [2.24, 2.45) is 17.8 Å². The first-order chi connectivity index (χ1) is 8.15. The first-order valence-electron chi connectivity index (χ1n) is 6.84. The molecule has 3 fully saturated rings. The van der Waals surface area contributed by atoms with Crippen LogP contribution in [0.15, 0.2) is 0 Å². The molecule has 0 amide bonds. The topological polar surface area (TPSA) is 49.4 Å². The number of fused-ring (bicyclic) bond motifs is 1. The van der Waals surface area contributed by atoms with Gasteiger partial charge in [0.2, 0.25) is 10.0 Å². The first-order valence-corrected chi connectivity index (χ1v) is 8.44. The van der Waals surface area contributed by atoms with E-state index in [-0.39, 0.29) is 12.4 Å². The smallest absolute Gasteiger partial charge is 0.214 e. The lowest BCUT2D eigenvalue weighted by Gasteiger charge is -2.19. The van der Waals surface area contributed by atoms with Gasteiger partial charge in [0.05, 0.1) is 5.75 Å².